The van der Waals surface area contributed by atoms with Gasteiger partial charge in [0.25, 0.3) is 0 Å². The molecule has 9 nitrogen and oxygen atoms in total. The Kier molecular flexibility index (Phi) is 5.55. The van der Waals surface area contributed by atoms with Gasteiger partial charge in [0.2, 0.25) is 0 Å². The lowest BCUT2D eigenvalue weighted by atomic mass is 9.72. The lowest BCUT2D eigenvalue weighted by Crippen LogP contribution is -2.59. The minimum atomic E-state index is -1.58. The van der Waals surface area contributed by atoms with E-state index in [2.05, 4.69) is 0 Å². The van der Waals surface area contributed by atoms with Crippen LogP contribution in [0.1, 0.15) is 29.3 Å². The summed E-state index contributed by atoms with van der Waals surface area (Å²) < 4.78 is 10.8. The molecule has 1 heterocycles. The predicted molar refractivity (Wildman–Crippen MR) is 89.8 cm³/mol. The first-order valence-corrected chi connectivity index (χ1v) is 8.68. The first kappa shape index (κ1) is 20.2. The van der Waals surface area contributed by atoms with Crippen molar-refractivity contribution in [3.63, 3.8) is 0 Å². The maximum atomic E-state index is 12.4. The summed E-state index contributed by atoms with van der Waals surface area (Å²) in [6, 6.07) is 4.45. The number of hydrogen-bond donors (Lipinski definition) is 6. The molecular formula is C18H24O9. The standard InChI is InChI=1S/C18H24O9/c1-18(25)8(5-11(21)13-9(18)3-2-4-10(13)20)7-26-17-16(24)15(23)14(22)12(6-19)27-17/h2-4,8,12,14-17,19-20,22-25H,5-7H2,1H3. The van der Waals surface area contributed by atoms with Crippen molar-refractivity contribution in [2.75, 3.05) is 13.2 Å². The number of Topliss-reactive ketones (excluding diaryl/α,β-unsaturated/α-hetero) is 1. The van der Waals surface area contributed by atoms with E-state index in [1.54, 1.807) is 6.07 Å². The van der Waals surface area contributed by atoms with E-state index in [0.717, 1.165) is 0 Å². The monoisotopic (exact) mass is 384 g/mol. The molecule has 1 aromatic rings. The fraction of sp³-hybridized carbons (Fsp3) is 0.611. The Bertz CT molecular complexity index is 702. The summed E-state index contributed by atoms with van der Waals surface area (Å²) in [5, 5.41) is 59.7. The lowest BCUT2D eigenvalue weighted by molar-refractivity contribution is -0.305. The number of ether oxygens (including phenoxy) is 2. The molecule has 1 saturated heterocycles. The summed E-state index contributed by atoms with van der Waals surface area (Å²) in [7, 11) is 0. The van der Waals surface area contributed by atoms with Crippen molar-refractivity contribution in [1.29, 1.82) is 0 Å². The van der Waals surface area contributed by atoms with E-state index in [4.69, 9.17) is 9.47 Å². The van der Waals surface area contributed by atoms with Crippen molar-refractivity contribution >= 4 is 5.78 Å². The summed E-state index contributed by atoms with van der Waals surface area (Å²) in [6.45, 7) is 0.715. The highest BCUT2D eigenvalue weighted by atomic mass is 16.7. The fourth-order valence-electron chi connectivity index (χ4n) is 3.64. The van der Waals surface area contributed by atoms with Gasteiger partial charge in [0.05, 0.1) is 24.4 Å². The van der Waals surface area contributed by atoms with Gasteiger partial charge in [0.1, 0.15) is 30.2 Å². The minimum Gasteiger partial charge on any atom is -0.507 e. The topological polar surface area (TPSA) is 157 Å². The van der Waals surface area contributed by atoms with Crippen LogP contribution in [-0.4, -0.2) is 80.3 Å². The van der Waals surface area contributed by atoms with Gasteiger partial charge in [-0.25, -0.2) is 0 Å². The molecule has 1 fully saturated rings. The molecule has 27 heavy (non-hydrogen) atoms. The molecule has 7 atom stereocenters. The number of aliphatic hydroxyl groups excluding tert-OH is 4. The zero-order valence-electron chi connectivity index (χ0n) is 14.7. The van der Waals surface area contributed by atoms with E-state index < -0.39 is 48.8 Å². The molecule has 1 aliphatic heterocycles. The zero-order chi connectivity index (χ0) is 19.9. The number of phenolic OH excluding ortho intramolecular Hbond substituents is 1. The van der Waals surface area contributed by atoms with Crippen LogP contribution < -0.4 is 0 Å². The van der Waals surface area contributed by atoms with Crippen molar-refractivity contribution in [3.8, 4) is 5.75 Å². The number of hydrogen-bond acceptors (Lipinski definition) is 9. The Balaban J connectivity index is 1.76. The number of carbonyl (C=O) groups excluding carboxylic acids is 1. The first-order chi connectivity index (χ1) is 12.7. The Hall–Kier alpha value is -1.59. The molecule has 0 amide bonds. The number of aromatic hydroxyl groups is 1. The third-order valence-corrected chi connectivity index (χ3v) is 5.40. The summed E-state index contributed by atoms with van der Waals surface area (Å²) in [4.78, 5) is 12.4. The molecular weight excluding hydrogens is 360 g/mol. The third-order valence-electron chi connectivity index (χ3n) is 5.40. The smallest absolute Gasteiger partial charge is 0.186 e. The molecule has 3 rings (SSSR count). The van der Waals surface area contributed by atoms with Crippen LogP contribution >= 0.6 is 0 Å². The zero-order valence-corrected chi connectivity index (χ0v) is 14.7. The van der Waals surface area contributed by atoms with Crippen molar-refractivity contribution in [2.24, 2.45) is 5.92 Å². The second-order valence-electron chi connectivity index (χ2n) is 7.20. The Morgan fingerprint density at radius 3 is 2.59 bits per heavy atom. The quantitative estimate of drug-likeness (QED) is 0.368. The van der Waals surface area contributed by atoms with Gasteiger partial charge in [-0.05, 0) is 18.6 Å². The third kappa shape index (κ3) is 3.47. The van der Waals surface area contributed by atoms with Crippen LogP contribution in [-0.2, 0) is 15.1 Å². The second kappa shape index (κ2) is 7.44. The summed E-state index contributed by atoms with van der Waals surface area (Å²) in [5.74, 6) is -1.25. The van der Waals surface area contributed by atoms with Gasteiger partial charge in [0, 0.05) is 12.3 Å². The molecule has 150 valence electrons. The number of aliphatic hydroxyl groups is 5. The SMILES string of the molecule is CC1(O)c2cccc(O)c2C(=O)CC1COC1OC(CO)C(O)C(O)C1O. The van der Waals surface area contributed by atoms with Crippen LogP contribution in [0, 0.1) is 5.92 Å². The number of fused-ring (bicyclic) bond motifs is 1. The van der Waals surface area contributed by atoms with E-state index in [-0.39, 0.29) is 35.7 Å². The molecule has 9 heteroatoms. The normalized spacial score (nSPS) is 39.3. The van der Waals surface area contributed by atoms with Crippen LogP contribution in [0.25, 0.3) is 0 Å². The predicted octanol–water partition coefficient (Wildman–Crippen LogP) is -1.38. The fourth-order valence-corrected chi connectivity index (χ4v) is 3.64. The lowest BCUT2D eigenvalue weighted by Gasteiger charge is -2.42. The largest absolute Gasteiger partial charge is 0.507 e. The molecule has 6 N–H and O–H groups in total. The highest BCUT2D eigenvalue weighted by Gasteiger charge is 2.47. The molecule has 2 aliphatic rings. The van der Waals surface area contributed by atoms with E-state index in [1.807, 2.05) is 0 Å². The maximum absolute atomic E-state index is 12.4. The van der Waals surface area contributed by atoms with E-state index in [9.17, 15) is 35.4 Å². The second-order valence-corrected chi connectivity index (χ2v) is 7.20. The highest BCUT2D eigenvalue weighted by Crippen LogP contribution is 2.42. The van der Waals surface area contributed by atoms with Crippen LogP contribution in [0.3, 0.4) is 0 Å². The molecule has 0 radical (unpaired) electrons. The first-order valence-electron chi connectivity index (χ1n) is 8.68. The molecule has 1 aromatic carbocycles. The van der Waals surface area contributed by atoms with E-state index in [0.29, 0.717) is 0 Å². The van der Waals surface area contributed by atoms with Gasteiger partial charge < -0.3 is 40.1 Å². The van der Waals surface area contributed by atoms with Crippen LogP contribution in [0.2, 0.25) is 0 Å². The number of carbonyl (C=O) groups is 1. The van der Waals surface area contributed by atoms with Crippen LogP contribution in [0.4, 0.5) is 0 Å². The van der Waals surface area contributed by atoms with Gasteiger partial charge >= 0.3 is 0 Å². The van der Waals surface area contributed by atoms with E-state index in [1.165, 1.54) is 19.1 Å². The molecule has 7 unspecified atom stereocenters. The number of ketones is 1. The van der Waals surface area contributed by atoms with Crippen LogP contribution in [0.15, 0.2) is 18.2 Å². The number of rotatable bonds is 4. The maximum Gasteiger partial charge on any atom is 0.186 e. The molecule has 1 aliphatic carbocycles. The van der Waals surface area contributed by atoms with Crippen molar-refractivity contribution < 1.29 is 44.9 Å². The summed E-state index contributed by atoms with van der Waals surface area (Å²) in [6.07, 6.45) is -7.21. The van der Waals surface area contributed by atoms with E-state index >= 15 is 0 Å². The molecule has 0 spiro atoms. The van der Waals surface area contributed by atoms with Gasteiger partial charge in [-0.2, -0.15) is 0 Å². The summed E-state index contributed by atoms with van der Waals surface area (Å²) in [5.41, 5.74) is -1.14. The molecule has 0 aromatic heterocycles. The Morgan fingerprint density at radius 2 is 1.93 bits per heavy atom. The van der Waals surface area contributed by atoms with Crippen LogP contribution in [0.5, 0.6) is 5.75 Å². The average Bonchev–Trinajstić information content (AvgIpc) is 2.63. The average molecular weight is 384 g/mol. The number of benzene rings is 1. The minimum absolute atomic E-state index is 0.0755. The molecule has 0 bridgehead atoms. The number of phenols is 1. The van der Waals surface area contributed by atoms with Gasteiger partial charge in [-0.15, -0.1) is 0 Å². The van der Waals surface area contributed by atoms with Gasteiger partial charge in [-0.3, -0.25) is 4.79 Å². The van der Waals surface area contributed by atoms with Gasteiger partial charge in [-0.1, -0.05) is 12.1 Å². The van der Waals surface area contributed by atoms with Crippen molar-refractivity contribution in [2.45, 2.75) is 49.7 Å². The van der Waals surface area contributed by atoms with Crippen molar-refractivity contribution in [1.82, 2.24) is 0 Å². The Labute approximate surface area is 155 Å². The highest BCUT2D eigenvalue weighted by molar-refractivity contribution is 6.01. The van der Waals surface area contributed by atoms with Crippen molar-refractivity contribution in [3.05, 3.63) is 29.3 Å². The summed E-state index contributed by atoms with van der Waals surface area (Å²) >= 11 is 0. The van der Waals surface area contributed by atoms with Gasteiger partial charge in [0.15, 0.2) is 12.1 Å². The molecule has 0 saturated carbocycles. The Morgan fingerprint density at radius 1 is 1.22 bits per heavy atom.